The van der Waals surface area contributed by atoms with Gasteiger partial charge in [0.1, 0.15) is 5.82 Å². The predicted molar refractivity (Wildman–Crippen MR) is 74.1 cm³/mol. The first kappa shape index (κ1) is 14.9. The number of rotatable bonds is 2. The van der Waals surface area contributed by atoms with Crippen molar-refractivity contribution in [2.45, 2.75) is 19.5 Å². The van der Waals surface area contributed by atoms with Crippen molar-refractivity contribution in [2.75, 3.05) is 19.6 Å². The SMILES string of the molecule is CC1CNCCN1Cc1cc(F)cc(Br)c1.Cl. The number of halogens is 3. The number of benzene rings is 1. The van der Waals surface area contributed by atoms with Crippen LogP contribution in [0.1, 0.15) is 12.5 Å². The van der Waals surface area contributed by atoms with E-state index in [4.69, 9.17) is 0 Å². The fourth-order valence-electron chi connectivity index (χ4n) is 2.05. The Balaban J connectivity index is 0.00000144. The monoisotopic (exact) mass is 322 g/mol. The van der Waals surface area contributed by atoms with E-state index in [1.165, 1.54) is 6.07 Å². The van der Waals surface area contributed by atoms with Gasteiger partial charge in [0.05, 0.1) is 0 Å². The van der Waals surface area contributed by atoms with Crippen molar-refractivity contribution >= 4 is 28.3 Å². The van der Waals surface area contributed by atoms with Crippen LogP contribution in [0.5, 0.6) is 0 Å². The van der Waals surface area contributed by atoms with Crippen LogP contribution in [0.2, 0.25) is 0 Å². The zero-order chi connectivity index (χ0) is 11.5. The van der Waals surface area contributed by atoms with E-state index < -0.39 is 0 Å². The molecule has 1 aromatic carbocycles. The molecule has 1 atom stereocenters. The van der Waals surface area contributed by atoms with Crippen LogP contribution < -0.4 is 5.32 Å². The Hall–Kier alpha value is -0.160. The molecule has 96 valence electrons. The lowest BCUT2D eigenvalue weighted by atomic mass is 10.1. The molecule has 1 aliphatic rings. The highest BCUT2D eigenvalue weighted by molar-refractivity contribution is 9.10. The molecule has 0 radical (unpaired) electrons. The Bertz CT molecular complexity index is 355. The lowest BCUT2D eigenvalue weighted by Crippen LogP contribution is -2.49. The first-order valence-corrected chi connectivity index (χ1v) is 6.34. The molecule has 1 unspecified atom stereocenters. The fraction of sp³-hybridized carbons (Fsp3) is 0.500. The second kappa shape index (κ2) is 6.69. The van der Waals surface area contributed by atoms with Crippen molar-refractivity contribution in [3.8, 4) is 0 Å². The topological polar surface area (TPSA) is 15.3 Å². The summed E-state index contributed by atoms with van der Waals surface area (Å²) in [6.45, 7) is 6.06. The van der Waals surface area contributed by atoms with Gasteiger partial charge in [-0.25, -0.2) is 4.39 Å². The van der Waals surface area contributed by atoms with E-state index in [-0.39, 0.29) is 18.2 Å². The maximum absolute atomic E-state index is 13.2. The van der Waals surface area contributed by atoms with Gasteiger partial charge in [-0.1, -0.05) is 15.9 Å². The predicted octanol–water partition coefficient (Wildman–Crippen LogP) is 2.80. The molecular weight excluding hydrogens is 307 g/mol. The summed E-state index contributed by atoms with van der Waals surface area (Å²) in [6.07, 6.45) is 0. The minimum Gasteiger partial charge on any atom is -0.314 e. The maximum Gasteiger partial charge on any atom is 0.124 e. The van der Waals surface area contributed by atoms with Gasteiger partial charge in [-0.3, -0.25) is 4.90 Å². The molecule has 0 bridgehead atoms. The van der Waals surface area contributed by atoms with E-state index in [9.17, 15) is 4.39 Å². The first-order chi connectivity index (χ1) is 7.65. The van der Waals surface area contributed by atoms with Crippen molar-refractivity contribution in [1.29, 1.82) is 0 Å². The number of nitrogens with one attached hydrogen (secondary N) is 1. The summed E-state index contributed by atoms with van der Waals surface area (Å²) in [5, 5.41) is 3.35. The van der Waals surface area contributed by atoms with Gasteiger partial charge in [0.15, 0.2) is 0 Å². The van der Waals surface area contributed by atoms with Gasteiger partial charge in [-0.15, -0.1) is 12.4 Å². The molecule has 1 N–H and O–H groups in total. The minimum absolute atomic E-state index is 0. The molecule has 17 heavy (non-hydrogen) atoms. The molecule has 1 fully saturated rings. The van der Waals surface area contributed by atoms with Gasteiger partial charge in [0.25, 0.3) is 0 Å². The van der Waals surface area contributed by atoms with E-state index in [2.05, 4.69) is 33.1 Å². The Morgan fingerprint density at radius 3 is 2.88 bits per heavy atom. The highest BCUT2D eigenvalue weighted by Crippen LogP contribution is 2.17. The average molecular weight is 324 g/mol. The lowest BCUT2D eigenvalue weighted by Gasteiger charge is -2.33. The molecule has 1 saturated heterocycles. The third-order valence-electron chi connectivity index (χ3n) is 2.95. The quantitative estimate of drug-likeness (QED) is 0.900. The number of piperazine rings is 1. The number of hydrogen-bond acceptors (Lipinski definition) is 2. The van der Waals surface area contributed by atoms with Crippen molar-refractivity contribution < 1.29 is 4.39 Å². The lowest BCUT2D eigenvalue weighted by molar-refractivity contribution is 0.165. The Morgan fingerprint density at radius 2 is 2.24 bits per heavy atom. The molecule has 2 nitrogen and oxygen atoms in total. The van der Waals surface area contributed by atoms with Crippen LogP contribution >= 0.6 is 28.3 Å². The zero-order valence-electron chi connectivity index (χ0n) is 9.75. The average Bonchev–Trinajstić information content (AvgIpc) is 2.20. The third-order valence-corrected chi connectivity index (χ3v) is 3.40. The molecule has 1 aliphatic heterocycles. The third kappa shape index (κ3) is 4.21. The van der Waals surface area contributed by atoms with Crippen LogP contribution in [0.3, 0.4) is 0 Å². The highest BCUT2D eigenvalue weighted by atomic mass is 79.9. The van der Waals surface area contributed by atoms with Crippen molar-refractivity contribution in [2.24, 2.45) is 0 Å². The van der Waals surface area contributed by atoms with Crippen LogP contribution in [-0.2, 0) is 6.54 Å². The fourth-order valence-corrected chi connectivity index (χ4v) is 2.57. The second-order valence-electron chi connectivity index (χ2n) is 4.30. The van der Waals surface area contributed by atoms with Crippen LogP contribution in [0.15, 0.2) is 22.7 Å². The van der Waals surface area contributed by atoms with Gasteiger partial charge in [-0.2, -0.15) is 0 Å². The molecule has 1 aromatic rings. The van der Waals surface area contributed by atoms with Crippen LogP contribution in [-0.4, -0.2) is 30.6 Å². The summed E-state index contributed by atoms with van der Waals surface area (Å²) >= 11 is 3.32. The molecule has 0 aliphatic carbocycles. The summed E-state index contributed by atoms with van der Waals surface area (Å²) < 4.78 is 14.0. The minimum atomic E-state index is -0.174. The normalized spacial score (nSPS) is 21.0. The molecular formula is C12H17BrClFN2. The molecule has 0 amide bonds. The van der Waals surface area contributed by atoms with Crippen LogP contribution in [0, 0.1) is 5.82 Å². The van der Waals surface area contributed by atoms with Crippen LogP contribution in [0.4, 0.5) is 4.39 Å². The molecule has 0 saturated carbocycles. The smallest absolute Gasteiger partial charge is 0.124 e. The maximum atomic E-state index is 13.2. The Labute approximate surface area is 116 Å². The van der Waals surface area contributed by atoms with Gasteiger partial charge >= 0.3 is 0 Å². The second-order valence-corrected chi connectivity index (χ2v) is 5.22. The molecule has 0 aromatic heterocycles. The van der Waals surface area contributed by atoms with E-state index in [0.29, 0.717) is 6.04 Å². The molecule has 2 rings (SSSR count). The summed E-state index contributed by atoms with van der Waals surface area (Å²) in [6, 6.07) is 5.60. The summed E-state index contributed by atoms with van der Waals surface area (Å²) in [7, 11) is 0. The van der Waals surface area contributed by atoms with Crippen molar-refractivity contribution in [3.05, 3.63) is 34.1 Å². The zero-order valence-corrected chi connectivity index (χ0v) is 12.2. The Morgan fingerprint density at radius 1 is 1.47 bits per heavy atom. The van der Waals surface area contributed by atoms with E-state index in [1.807, 2.05) is 6.07 Å². The number of hydrogen-bond donors (Lipinski definition) is 1. The van der Waals surface area contributed by atoms with Crippen molar-refractivity contribution in [3.63, 3.8) is 0 Å². The first-order valence-electron chi connectivity index (χ1n) is 5.55. The van der Waals surface area contributed by atoms with Gasteiger partial charge in [0.2, 0.25) is 0 Å². The van der Waals surface area contributed by atoms with Gasteiger partial charge in [-0.05, 0) is 30.7 Å². The largest absolute Gasteiger partial charge is 0.314 e. The molecule has 1 heterocycles. The van der Waals surface area contributed by atoms with E-state index in [1.54, 1.807) is 6.07 Å². The van der Waals surface area contributed by atoms with E-state index >= 15 is 0 Å². The summed E-state index contributed by atoms with van der Waals surface area (Å²) in [5.41, 5.74) is 1.03. The van der Waals surface area contributed by atoms with Crippen molar-refractivity contribution in [1.82, 2.24) is 10.2 Å². The molecule has 5 heteroatoms. The molecule has 0 spiro atoms. The van der Waals surface area contributed by atoms with Gasteiger partial charge < -0.3 is 5.32 Å². The highest BCUT2D eigenvalue weighted by Gasteiger charge is 2.17. The van der Waals surface area contributed by atoms with Gasteiger partial charge in [0, 0.05) is 36.7 Å². The van der Waals surface area contributed by atoms with Crippen LogP contribution in [0.25, 0.3) is 0 Å². The standard InChI is InChI=1S/C12H16BrFN2.ClH/c1-9-7-15-2-3-16(9)8-10-4-11(13)6-12(14)5-10;/h4-6,9,15H,2-3,7-8H2,1H3;1H. The summed E-state index contributed by atoms with van der Waals surface area (Å²) in [4.78, 5) is 2.37. The summed E-state index contributed by atoms with van der Waals surface area (Å²) in [5.74, 6) is -0.174. The number of nitrogens with zero attached hydrogens (tertiary/aromatic N) is 1. The van der Waals surface area contributed by atoms with E-state index in [0.717, 1.165) is 36.2 Å². The Kier molecular flexibility index (Phi) is 5.86.